The Hall–Kier alpha value is -4.59. The Bertz CT molecular complexity index is 1450. The van der Waals surface area contributed by atoms with Crippen LogP contribution in [-0.2, 0) is 9.53 Å². The predicted molar refractivity (Wildman–Crippen MR) is 150 cm³/mol. The first kappa shape index (κ1) is 26.5. The largest absolute Gasteiger partial charge is 0.494 e. The van der Waals surface area contributed by atoms with E-state index in [0.29, 0.717) is 22.6 Å². The van der Waals surface area contributed by atoms with E-state index in [2.05, 4.69) is 10.3 Å². The highest BCUT2D eigenvalue weighted by Gasteiger charge is 2.19. The summed E-state index contributed by atoms with van der Waals surface area (Å²) in [5.74, 6) is -0.0956. The Balaban J connectivity index is 1.53. The molecule has 4 rings (SSSR count). The summed E-state index contributed by atoms with van der Waals surface area (Å²) in [7, 11) is 1.69. The lowest BCUT2D eigenvalue weighted by Gasteiger charge is -2.20. The van der Waals surface area contributed by atoms with Crippen LogP contribution in [0.1, 0.15) is 38.3 Å². The standard InChI is InChI=1S/C30H32N4O4/c1-30(2,3)38-29(37)31-19-18-25(35)34(4)22-16-14-21(15-17-22)32-27(20-10-6-5-7-11-20)26-23-12-8-9-13-24(23)33-28(26)36/h5-17,33,36H,18-19H2,1-4H3,(H,31,37). The Labute approximate surface area is 222 Å². The van der Waals surface area contributed by atoms with E-state index in [0.717, 1.165) is 16.5 Å². The van der Waals surface area contributed by atoms with Crippen LogP contribution in [-0.4, -0.2) is 47.0 Å². The fourth-order valence-electron chi connectivity index (χ4n) is 4.01. The number of hydrogen-bond acceptors (Lipinski definition) is 5. The average Bonchev–Trinajstić information content (AvgIpc) is 3.22. The summed E-state index contributed by atoms with van der Waals surface area (Å²) in [5, 5.41) is 14.2. The molecular weight excluding hydrogens is 480 g/mol. The van der Waals surface area contributed by atoms with E-state index < -0.39 is 11.7 Å². The molecule has 3 N–H and O–H groups in total. The van der Waals surface area contributed by atoms with Crippen LogP contribution in [0.15, 0.2) is 83.9 Å². The van der Waals surface area contributed by atoms with Gasteiger partial charge in [0.2, 0.25) is 5.91 Å². The SMILES string of the molecule is CN(C(=O)CCNC(=O)OC(C)(C)C)c1ccc(N=C(c2ccccc2)c2c(O)[nH]c3ccccc23)cc1. The van der Waals surface area contributed by atoms with Crippen LogP contribution in [0.3, 0.4) is 0 Å². The maximum atomic E-state index is 12.7. The quantitative estimate of drug-likeness (QED) is 0.267. The van der Waals surface area contributed by atoms with Crippen molar-refractivity contribution in [3.05, 3.63) is 90.0 Å². The van der Waals surface area contributed by atoms with Crippen molar-refractivity contribution in [1.29, 1.82) is 0 Å². The second-order valence-corrected chi connectivity index (χ2v) is 9.87. The zero-order chi connectivity index (χ0) is 27.3. The maximum absolute atomic E-state index is 12.7. The van der Waals surface area contributed by atoms with Crippen molar-refractivity contribution >= 4 is 40.0 Å². The molecule has 0 aliphatic carbocycles. The number of rotatable bonds is 7. The van der Waals surface area contributed by atoms with Gasteiger partial charge in [-0.2, -0.15) is 0 Å². The van der Waals surface area contributed by atoms with Gasteiger partial charge in [0.1, 0.15) is 5.60 Å². The van der Waals surface area contributed by atoms with E-state index in [4.69, 9.17) is 9.73 Å². The van der Waals surface area contributed by atoms with Gasteiger partial charge in [0.15, 0.2) is 5.88 Å². The minimum absolute atomic E-state index is 0.0516. The maximum Gasteiger partial charge on any atom is 0.407 e. The number of nitrogens with one attached hydrogen (secondary N) is 2. The van der Waals surface area contributed by atoms with Crippen molar-refractivity contribution in [2.75, 3.05) is 18.5 Å². The van der Waals surface area contributed by atoms with Crippen LogP contribution < -0.4 is 10.2 Å². The summed E-state index contributed by atoms with van der Waals surface area (Å²) < 4.78 is 5.19. The van der Waals surface area contributed by atoms with Gasteiger partial charge in [0.25, 0.3) is 0 Å². The molecule has 0 saturated heterocycles. The topological polar surface area (TPSA) is 107 Å². The molecule has 0 aliphatic heterocycles. The van der Waals surface area contributed by atoms with E-state index in [1.807, 2.05) is 78.9 Å². The van der Waals surface area contributed by atoms with Gasteiger partial charge in [0, 0.05) is 42.2 Å². The fraction of sp³-hybridized carbons (Fsp3) is 0.233. The van der Waals surface area contributed by atoms with E-state index >= 15 is 0 Å². The van der Waals surface area contributed by atoms with Crippen LogP contribution in [0.25, 0.3) is 10.9 Å². The minimum atomic E-state index is -0.595. The summed E-state index contributed by atoms with van der Waals surface area (Å²) in [4.78, 5) is 33.9. The third-order valence-corrected chi connectivity index (χ3v) is 5.83. The van der Waals surface area contributed by atoms with E-state index in [-0.39, 0.29) is 24.8 Å². The van der Waals surface area contributed by atoms with Crippen LogP contribution in [0, 0.1) is 0 Å². The van der Waals surface area contributed by atoms with E-state index in [1.165, 1.54) is 4.90 Å². The third-order valence-electron chi connectivity index (χ3n) is 5.83. The molecule has 0 fully saturated rings. The van der Waals surface area contributed by atoms with Gasteiger partial charge in [-0.25, -0.2) is 9.79 Å². The summed E-state index contributed by atoms with van der Waals surface area (Å²) >= 11 is 0. The first-order valence-electron chi connectivity index (χ1n) is 12.4. The molecule has 0 atom stereocenters. The molecule has 0 unspecified atom stereocenters. The molecule has 2 amide bonds. The molecule has 38 heavy (non-hydrogen) atoms. The number of aromatic nitrogens is 1. The van der Waals surface area contributed by atoms with Crippen molar-refractivity contribution in [1.82, 2.24) is 10.3 Å². The number of aromatic hydroxyl groups is 1. The first-order valence-corrected chi connectivity index (χ1v) is 12.4. The minimum Gasteiger partial charge on any atom is -0.494 e. The smallest absolute Gasteiger partial charge is 0.407 e. The van der Waals surface area contributed by atoms with Crippen LogP contribution in [0.4, 0.5) is 16.2 Å². The van der Waals surface area contributed by atoms with Gasteiger partial charge in [-0.05, 0) is 51.1 Å². The Kier molecular flexibility index (Phi) is 7.81. The Morgan fingerprint density at radius 1 is 0.974 bits per heavy atom. The van der Waals surface area contributed by atoms with E-state index in [9.17, 15) is 14.7 Å². The van der Waals surface area contributed by atoms with Crippen molar-refractivity contribution in [3.63, 3.8) is 0 Å². The third kappa shape index (κ3) is 6.39. The molecule has 0 spiro atoms. The highest BCUT2D eigenvalue weighted by molar-refractivity contribution is 6.21. The number of para-hydroxylation sites is 1. The number of amides is 2. The van der Waals surface area contributed by atoms with E-state index in [1.54, 1.807) is 27.8 Å². The first-order chi connectivity index (χ1) is 18.1. The Morgan fingerprint density at radius 2 is 1.63 bits per heavy atom. The number of benzene rings is 3. The number of carbonyl (C=O) groups is 2. The second-order valence-electron chi connectivity index (χ2n) is 9.87. The normalized spacial score (nSPS) is 11.8. The summed E-state index contributed by atoms with van der Waals surface area (Å²) in [6, 6.07) is 24.7. The monoisotopic (exact) mass is 512 g/mol. The zero-order valence-electron chi connectivity index (χ0n) is 22.0. The molecule has 1 heterocycles. The predicted octanol–water partition coefficient (Wildman–Crippen LogP) is 5.92. The molecule has 4 aromatic rings. The average molecular weight is 513 g/mol. The summed E-state index contributed by atoms with van der Waals surface area (Å²) in [6.07, 6.45) is -0.418. The molecule has 3 aromatic carbocycles. The van der Waals surface area contributed by atoms with Crippen molar-refractivity contribution in [3.8, 4) is 5.88 Å². The lowest BCUT2D eigenvalue weighted by atomic mass is 10.0. The Morgan fingerprint density at radius 3 is 2.32 bits per heavy atom. The number of fused-ring (bicyclic) bond motifs is 1. The van der Waals surface area contributed by atoms with Crippen molar-refractivity contribution in [2.45, 2.75) is 32.8 Å². The number of aromatic amines is 1. The highest BCUT2D eigenvalue weighted by atomic mass is 16.6. The number of anilines is 1. The van der Waals surface area contributed by atoms with Gasteiger partial charge in [0.05, 0.1) is 17.0 Å². The molecule has 0 radical (unpaired) electrons. The van der Waals surface area contributed by atoms with Crippen LogP contribution >= 0.6 is 0 Å². The molecular formula is C30H32N4O4. The van der Waals surface area contributed by atoms with Crippen LogP contribution in [0.2, 0.25) is 0 Å². The molecule has 8 nitrogen and oxygen atoms in total. The van der Waals surface area contributed by atoms with Crippen molar-refractivity contribution in [2.24, 2.45) is 4.99 Å². The molecule has 0 saturated carbocycles. The number of nitrogens with zero attached hydrogens (tertiary/aromatic N) is 2. The summed E-state index contributed by atoms with van der Waals surface area (Å²) in [6.45, 7) is 5.52. The zero-order valence-corrected chi connectivity index (χ0v) is 22.0. The number of ether oxygens (including phenoxy) is 1. The van der Waals surface area contributed by atoms with Gasteiger partial charge >= 0.3 is 6.09 Å². The number of carbonyl (C=O) groups excluding carboxylic acids is 2. The molecule has 8 heteroatoms. The fourth-order valence-corrected chi connectivity index (χ4v) is 4.01. The van der Waals surface area contributed by atoms with Gasteiger partial charge < -0.3 is 25.0 Å². The number of H-pyrrole nitrogens is 1. The highest BCUT2D eigenvalue weighted by Crippen LogP contribution is 2.31. The second kappa shape index (κ2) is 11.2. The molecule has 0 aliphatic rings. The molecule has 196 valence electrons. The summed E-state index contributed by atoms with van der Waals surface area (Å²) in [5.41, 5.74) is 3.71. The lowest BCUT2D eigenvalue weighted by Crippen LogP contribution is -2.35. The van der Waals surface area contributed by atoms with Gasteiger partial charge in [-0.1, -0.05) is 48.5 Å². The number of alkyl carbamates (subject to hydrolysis) is 1. The van der Waals surface area contributed by atoms with Crippen LogP contribution in [0.5, 0.6) is 5.88 Å². The molecule has 0 bridgehead atoms. The van der Waals surface area contributed by atoms with Gasteiger partial charge in [-0.3, -0.25) is 4.79 Å². The number of hydrogen-bond donors (Lipinski definition) is 3. The number of aliphatic imine (C=N–C) groups is 1. The van der Waals surface area contributed by atoms with Crippen molar-refractivity contribution < 1.29 is 19.4 Å². The molecule has 1 aromatic heterocycles. The lowest BCUT2D eigenvalue weighted by molar-refractivity contribution is -0.118. The van der Waals surface area contributed by atoms with Gasteiger partial charge in [-0.15, -0.1) is 0 Å².